The van der Waals surface area contributed by atoms with Gasteiger partial charge in [-0.3, -0.25) is 18.6 Å². The number of hydrogen-bond donors (Lipinski definition) is 2. The van der Waals surface area contributed by atoms with Crippen molar-refractivity contribution >= 4 is 19.8 Å². The highest BCUT2D eigenvalue weighted by Crippen LogP contribution is 2.43. The van der Waals surface area contributed by atoms with Crippen molar-refractivity contribution in [3.63, 3.8) is 0 Å². The third-order valence-corrected chi connectivity index (χ3v) is 16.6. The largest absolute Gasteiger partial charge is 0.472 e. The molecule has 9 nitrogen and oxygen atoms in total. The van der Waals surface area contributed by atoms with Crippen LogP contribution in [-0.4, -0.2) is 49.3 Å². The number of hydrogen-bond acceptors (Lipinski definition) is 8. The minimum atomic E-state index is -4.39. The van der Waals surface area contributed by atoms with Gasteiger partial charge in [-0.15, -0.1) is 0 Å². The van der Waals surface area contributed by atoms with Crippen LogP contribution in [0.1, 0.15) is 367 Å². The van der Waals surface area contributed by atoms with Gasteiger partial charge in [-0.1, -0.05) is 334 Å². The van der Waals surface area contributed by atoms with E-state index in [1.807, 2.05) is 0 Å². The Morgan fingerprint density at radius 2 is 0.667 bits per heavy atom. The molecule has 0 saturated heterocycles. The minimum Gasteiger partial charge on any atom is -0.462 e. The molecule has 462 valence electrons. The zero-order valence-corrected chi connectivity index (χ0v) is 52.8. The van der Waals surface area contributed by atoms with E-state index in [0.29, 0.717) is 6.42 Å². The molecule has 0 spiro atoms. The number of ether oxygens (including phenoxy) is 2. The van der Waals surface area contributed by atoms with Gasteiger partial charge in [-0.25, -0.2) is 4.57 Å². The van der Waals surface area contributed by atoms with Gasteiger partial charge in [-0.05, 0) is 44.9 Å². The number of carbonyl (C=O) groups excluding carboxylic acids is 2. The van der Waals surface area contributed by atoms with Gasteiger partial charge in [-0.2, -0.15) is 0 Å². The van der Waals surface area contributed by atoms with E-state index >= 15 is 0 Å². The van der Waals surface area contributed by atoms with E-state index in [9.17, 15) is 19.0 Å². The molecule has 0 aromatic heterocycles. The standard InChI is InChI=1S/C68H132NO8P/c1-3-5-7-9-11-13-15-17-19-21-23-25-26-27-28-29-30-31-32-33-34-35-36-37-38-39-41-42-44-46-48-50-52-54-56-58-60-67(70)74-64-66(65-76-78(72,73)75-63-62-69)77-68(71)61-59-57-55-53-51-49-47-45-43-40-24-22-20-18-16-14-12-10-8-6-4-2/h16,18,22,24,66H,3-15,17,19-21,23,25-65,69H2,1-2H3,(H,72,73)/b18-16-,24-22-. The van der Waals surface area contributed by atoms with Crippen molar-refractivity contribution in [1.82, 2.24) is 0 Å². The van der Waals surface area contributed by atoms with E-state index in [1.165, 1.54) is 283 Å². The Bertz CT molecular complexity index is 1330. The lowest BCUT2D eigenvalue weighted by molar-refractivity contribution is -0.161. The van der Waals surface area contributed by atoms with E-state index in [-0.39, 0.29) is 38.6 Å². The molecular formula is C68H132NO8P. The van der Waals surface area contributed by atoms with E-state index in [4.69, 9.17) is 24.3 Å². The first-order chi connectivity index (χ1) is 38.3. The van der Waals surface area contributed by atoms with Gasteiger partial charge in [0.15, 0.2) is 6.10 Å². The molecule has 78 heavy (non-hydrogen) atoms. The molecule has 0 aromatic carbocycles. The Hall–Kier alpha value is -1.51. The van der Waals surface area contributed by atoms with Gasteiger partial charge >= 0.3 is 19.8 Å². The first-order valence-corrected chi connectivity index (χ1v) is 35.8. The summed E-state index contributed by atoms with van der Waals surface area (Å²) in [5.74, 6) is -0.812. The van der Waals surface area contributed by atoms with Crippen LogP contribution in [0.15, 0.2) is 24.3 Å². The van der Waals surface area contributed by atoms with Crippen molar-refractivity contribution in [2.75, 3.05) is 26.4 Å². The van der Waals surface area contributed by atoms with Crippen molar-refractivity contribution in [2.45, 2.75) is 373 Å². The van der Waals surface area contributed by atoms with Crippen LogP contribution in [0.4, 0.5) is 0 Å². The summed E-state index contributed by atoms with van der Waals surface area (Å²) >= 11 is 0. The van der Waals surface area contributed by atoms with Crippen molar-refractivity contribution in [3.8, 4) is 0 Å². The summed E-state index contributed by atoms with van der Waals surface area (Å²) < 4.78 is 33.1. The van der Waals surface area contributed by atoms with Crippen LogP contribution in [0, 0.1) is 0 Å². The highest BCUT2D eigenvalue weighted by molar-refractivity contribution is 7.47. The Morgan fingerprint density at radius 1 is 0.385 bits per heavy atom. The molecule has 0 aliphatic heterocycles. The van der Waals surface area contributed by atoms with E-state index in [0.717, 1.165) is 51.4 Å². The predicted octanol–water partition coefficient (Wildman–Crippen LogP) is 22.1. The number of esters is 2. The quantitative estimate of drug-likeness (QED) is 0.0264. The summed E-state index contributed by atoms with van der Waals surface area (Å²) in [6.45, 7) is 3.80. The number of phosphoric acid groups is 1. The molecule has 0 amide bonds. The summed E-state index contributed by atoms with van der Waals surface area (Å²) in [5.41, 5.74) is 5.39. The zero-order valence-electron chi connectivity index (χ0n) is 51.9. The SMILES string of the molecule is CCCCCCC/C=C\C/C=C\CCCCCCCCCCCC(=O)OC(COC(=O)CCCCCCCCCCCCCCCCCCCCCCCCCCCCCCCCCCCCCC)COP(=O)(O)OCCN. The number of carbonyl (C=O) groups is 2. The van der Waals surface area contributed by atoms with Crippen molar-refractivity contribution in [3.05, 3.63) is 24.3 Å². The Labute approximate surface area is 484 Å². The van der Waals surface area contributed by atoms with Crippen LogP contribution < -0.4 is 5.73 Å². The van der Waals surface area contributed by atoms with Crippen molar-refractivity contribution in [2.24, 2.45) is 5.73 Å². The number of allylic oxidation sites excluding steroid dienone is 4. The third-order valence-electron chi connectivity index (χ3n) is 15.6. The van der Waals surface area contributed by atoms with Crippen LogP contribution in [0.25, 0.3) is 0 Å². The van der Waals surface area contributed by atoms with Crippen LogP contribution in [-0.2, 0) is 32.7 Å². The summed E-state index contributed by atoms with van der Waals surface area (Å²) in [6, 6.07) is 0. The lowest BCUT2D eigenvalue weighted by atomic mass is 10.0. The molecule has 2 unspecified atom stereocenters. The molecule has 0 saturated carbocycles. The molecule has 0 fully saturated rings. The summed E-state index contributed by atoms with van der Waals surface area (Å²) in [5, 5.41) is 0. The normalized spacial score (nSPS) is 13.0. The first-order valence-electron chi connectivity index (χ1n) is 34.3. The van der Waals surface area contributed by atoms with Gasteiger partial charge in [0.1, 0.15) is 6.61 Å². The molecule has 0 rings (SSSR count). The molecule has 0 aliphatic carbocycles. The van der Waals surface area contributed by atoms with Crippen LogP contribution >= 0.6 is 7.82 Å². The lowest BCUT2D eigenvalue weighted by Crippen LogP contribution is -2.29. The molecule has 2 atom stereocenters. The number of phosphoric ester groups is 1. The zero-order chi connectivity index (χ0) is 56.6. The van der Waals surface area contributed by atoms with Gasteiger partial charge in [0, 0.05) is 19.4 Å². The van der Waals surface area contributed by atoms with Crippen molar-refractivity contribution < 1.29 is 37.6 Å². The van der Waals surface area contributed by atoms with E-state index in [2.05, 4.69) is 38.2 Å². The molecule has 0 aromatic rings. The van der Waals surface area contributed by atoms with E-state index < -0.39 is 26.5 Å². The summed E-state index contributed by atoms with van der Waals surface area (Å²) in [7, 11) is -4.39. The molecule has 0 bridgehead atoms. The molecule has 0 aliphatic rings. The maximum absolute atomic E-state index is 12.7. The van der Waals surface area contributed by atoms with Crippen molar-refractivity contribution in [1.29, 1.82) is 0 Å². The Balaban J connectivity index is 3.77. The smallest absolute Gasteiger partial charge is 0.462 e. The fourth-order valence-corrected chi connectivity index (χ4v) is 11.3. The second kappa shape index (κ2) is 64.7. The molecule has 3 N–H and O–H groups in total. The number of unbranched alkanes of at least 4 members (excludes halogenated alkanes) is 49. The van der Waals surface area contributed by atoms with Gasteiger partial charge in [0.25, 0.3) is 0 Å². The molecule has 10 heteroatoms. The minimum absolute atomic E-state index is 0.0549. The topological polar surface area (TPSA) is 134 Å². The second-order valence-electron chi connectivity index (χ2n) is 23.4. The highest BCUT2D eigenvalue weighted by atomic mass is 31.2. The summed E-state index contributed by atoms with van der Waals surface area (Å²) in [4.78, 5) is 35.3. The van der Waals surface area contributed by atoms with Gasteiger partial charge in [0.05, 0.1) is 13.2 Å². The highest BCUT2D eigenvalue weighted by Gasteiger charge is 2.26. The molecule has 0 heterocycles. The summed E-state index contributed by atoms with van der Waals surface area (Å²) in [6.07, 6.45) is 78.6. The van der Waals surface area contributed by atoms with Crippen LogP contribution in [0.3, 0.4) is 0 Å². The third kappa shape index (κ3) is 63.7. The number of nitrogens with two attached hydrogens (primary N) is 1. The van der Waals surface area contributed by atoms with Gasteiger partial charge in [0.2, 0.25) is 0 Å². The lowest BCUT2D eigenvalue weighted by Gasteiger charge is -2.19. The molecular weight excluding hydrogens is 990 g/mol. The average molecular weight is 1120 g/mol. The fraction of sp³-hybridized carbons (Fsp3) is 0.912. The maximum Gasteiger partial charge on any atom is 0.472 e. The van der Waals surface area contributed by atoms with Crippen LogP contribution in [0.2, 0.25) is 0 Å². The van der Waals surface area contributed by atoms with Gasteiger partial charge < -0.3 is 20.1 Å². The Morgan fingerprint density at radius 3 is 0.974 bits per heavy atom. The Kier molecular flexibility index (Phi) is 63.4. The number of rotatable bonds is 66. The monoisotopic (exact) mass is 1120 g/mol. The van der Waals surface area contributed by atoms with Crippen LogP contribution in [0.5, 0.6) is 0 Å². The average Bonchev–Trinajstić information content (AvgIpc) is 3.43. The predicted molar refractivity (Wildman–Crippen MR) is 335 cm³/mol. The first kappa shape index (κ1) is 76.5. The maximum atomic E-state index is 12.7. The van der Waals surface area contributed by atoms with E-state index in [1.54, 1.807) is 0 Å². The second-order valence-corrected chi connectivity index (χ2v) is 24.9. The fourth-order valence-electron chi connectivity index (χ4n) is 10.5. The molecule has 0 radical (unpaired) electrons.